The van der Waals surface area contributed by atoms with Crippen LogP contribution in [0, 0.1) is 12.8 Å². The van der Waals surface area contributed by atoms with E-state index in [9.17, 15) is 5.11 Å². The molecule has 1 atom stereocenters. The van der Waals surface area contributed by atoms with Gasteiger partial charge in [0.05, 0.1) is 20.3 Å². The number of benzene rings is 2. The van der Waals surface area contributed by atoms with E-state index in [0.717, 1.165) is 42.1 Å². The number of guanidine groups is 1. The number of halogens is 1. The van der Waals surface area contributed by atoms with Crippen LogP contribution in [0.25, 0.3) is 0 Å². The van der Waals surface area contributed by atoms with Crippen LogP contribution in [0.4, 0.5) is 0 Å². The molecule has 0 aliphatic carbocycles. The first kappa shape index (κ1) is 25.1. The third kappa shape index (κ3) is 7.46. The van der Waals surface area contributed by atoms with E-state index in [1.54, 1.807) is 32.4 Å². The van der Waals surface area contributed by atoms with Crippen LogP contribution >= 0.6 is 24.0 Å². The molecule has 3 rings (SSSR count). The molecule has 2 aromatic carbocycles. The van der Waals surface area contributed by atoms with Crippen LogP contribution in [0.2, 0.25) is 0 Å². The number of nitrogens with zero attached hydrogens (tertiary/aromatic N) is 1. The summed E-state index contributed by atoms with van der Waals surface area (Å²) < 4.78 is 16.8. The summed E-state index contributed by atoms with van der Waals surface area (Å²) in [6, 6.07) is 11.4. The zero-order chi connectivity index (χ0) is 21.3. The molecule has 0 radical (unpaired) electrons. The topological polar surface area (TPSA) is 84.3 Å². The number of rotatable bonds is 8. The molecule has 8 heteroatoms. The number of hydrogen-bond acceptors (Lipinski definition) is 5. The molecule has 2 aromatic rings. The highest BCUT2D eigenvalue weighted by Gasteiger charge is 2.17. The Morgan fingerprint density at radius 2 is 1.94 bits per heavy atom. The normalized spacial score (nSPS) is 15.8. The van der Waals surface area contributed by atoms with Gasteiger partial charge in [-0.15, -0.1) is 24.0 Å². The molecular formula is C23H32IN3O4. The van der Waals surface area contributed by atoms with Crippen molar-refractivity contribution in [2.75, 3.05) is 34.0 Å². The third-order valence-corrected chi connectivity index (χ3v) is 5.12. The summed E-state index contributed by atoms with van der Waals surface area (Å²) in [4.78, 5) is 4.27. The molecule has 1 heterocycles. The van der Waals surface area contributed by atoms with E-state index >= 15 is 0 Å². The van der Waals surface area contributed by atoms with Crippen LogP contribution in [0.3, 0.4) is 0 Å². The van der Waals surface area contributed by atoms with E-state index in [-0.39, 0.29) is 29.7 Å². The maximum absolute atomic E-state index is 10.1. The average Bonchev–Trinajstić information content (AvgIpc) is 3.28. The van der Waals surface area contributed by atoms with Gasteiger partial charge >= 0.3 is 0 Å². The van der Waals surface area contributed by atoms with Gasteiger partial charge in [0, 0.05) is 43.8 Å². The summed E-state index contributed by atoms with van der Waals surface area (Å²) in [5.41, 5.74) is 2.95. The van der Waals surface area contributed by atoms with E-state index in [4.69, 9.17) is 14.2 Å². The monoisotopic (exact) mass is 541 g/mol. The standard InChI is InChI=1S/C23H31N3O4.HI/c1-16-4-5-18(22(10-16)30-15-17-8-9-29-14-17)12-25-23(24-2)26-13-19-11-20(28-3)6-7-21(19)27;/h4-7,10-11,17,27H,8-9,12-15H2,1-3H3,(H2,24,25,26);1H. The minimum atomic E-state index is 0. The molecule has 31 heavy (non-hydrogen) atoms. The third-order valence-electron chi connectivity index (χ3n) is 5.12. The van der Waals surface area contributed by atoms with Crippen molar-refractivity contribution >= 4 is 29.9 Å². The molecule has 1 aliphatic rings. The summed E-state index contributed by atoms with van der Waals surface area (Å²) >= 11 is 0. The lowest BCUT2D eigenvalue weighted by molar-refractivity contribution is 0.166. The zero-order valence-corrected chi connectivity index (χ0v) is 20.6. The molecule has 170 valence electrons. The van der Waals surface area contributed by atoms with Crippen LogP contribution in [0.1, 0.15) is 23.1 Å². The summed E-state index contributed by atoms with van der Waals surface area (Å²) in [5, 5.41) is 16.6. The van der Waals surface area contributed by atoms with Crippen LogP contribution in [0.5, 0.6) is 17.2 Å². The lowest BCUT2D eigenvalue weighted by Crippen LogP contribution is -2.36. The van der Waals surface area contributed by atoms with Crippen molar-refractivity contribution < 1.29 is 19.3 Å². The maximum atomic E-state index is 10.1. The van der Waals surface area contributed by atoms with Gasteiger partial charge in [-0.05, 0) is 43.2 Å². The number of aryl methyl sites for hydroxylation is 1. The second-order valence-electron chi connectivity index (χ2n) is 7.43. The Balaban J connectivity index is 0.00000341. The fraction of sp³-hybridized carbons (Fsp3) is 0.435. The van der Waals surface area contributed by atoms with Crippen LogP contribution in [-0.4, -0.2) is 45.0 Å². The van der Waals surface area contributed by atoms with Gasteiger partial charge < -0.3 is 30.0 Å². The van der Waals surface area contributed by atoms with Gasteiger partial charge in [-0.2, -0.15) is 0 Å². The van der Waals surface area contributed by atoms with Crippen molar-refractivity contribution in [2.45, 2.75) is 26.4 Å². The van der Waals surface area contributed by atoms with E-state index in [0.29, 0.717) is 37.3 Å². The Morgan fingerprint density at radius 3 is 2.61 bits per heavy atom. The summed E-state index contributed by atoms with van der Waals surface area (Å²) in [5.74, 6) is 2.88. The first-order valence-corrected chi connectivity index (χ1v) is 10.2. The molecule has 1 aliphatic heterocycles. The maximum Gasteiger partial charge on any atom is 0.191 e. The molecule has 0 spiro atoms. The summed E-state index contributed by atoms with van der Waals surface area (Å²) in [6.45, 7) is 5.30. The number of aromatic hydroxyl groups is 1. The number of nitrogens with one attached hydrogen (secondary N) is 2. The molecule has 0 bridgehead atoms. The summed E-state index contributed by atoms with van der Waals surface area (Å²) in [7, 11) is 3.32. The first-order chi connectivity index (χ1) is 14.6. The van der Waals surface area contributed by atoms with Gasteiger partial charge in [0.15, 0.2) is 5.96 Å². The number of hydrogen-bond donors (Lipinski definition) is 3. The lowest BCUT2D eigenvalue weighted by Gasteiger charge is -2.17. The van der Waals surface area contributed by atoms with Crippen LogP contribution in [-0.2, 0) is 17.8 Å². The van der Waals surface area contributed by atoms with Crippen LogP contribution in [0.15, 0.2) is 41.4 Å². The Morgan fingerprint density at radius 1 is 1.16 bits per heavy atom. The minimum Gasteiger partial charge on any atom is -0.508 e. The van der Waals surface area contributed by atoms with Crippen molar-refractivity contribution in [3.8, 4) is 17.2 Å². The molecule has 3 N–H and O–H groups in total. The van der Waals surface area contributed by atoms with Crippen molar-refractivity contribution in [1.29, 1.82) is 0 Å². The largest absolute Gasteiger partial charge is 0.508 e. The number of methoxy groups -OCH3 is 1. The molecule has 1 unspecified atom stereocenters. The first-order valence-electron chi connectivity index (χ1n) is 10.2. The van der Waals surface area contributed by atoms with Gasteiger partial charge in [0.2, 0.25) is 0 Å². The fourth-order valence-electron chi connectivity index (χ4n) is 3.27. The SMILES string of the molecule is CN=C(NCc1cc(OC)ccc1O)NCc1ccc(C)cc1OCC1CCOC1.I. The Hall–Kier alpha value is -2.20. The molecule has 0 saturated carbocycles. The Bertz CT molecular complexity index is 870. The van der Waals surface area contributed by atoms with Crippen molar-refractivity contribution in [2.24, 2.45) is 10.9 Å². The summed E-state index contributed by atoms with van der Waals surface area (Å²) in [6.07, 6.45) is 1.05. The van der Waals surface area contributed by atoms with Crippen molar-refractivity contribution in [1.82, 2.24) is 10.6 Å². The average molecular weight is 541 g/mol. The Kier molecular flexibility index (Phi) is 10.2. The quantitative estimate of drug-likeness (QED) is 0.269. The molecule has 7 nitrogen and oxygen atoms in total. The van der Waals surface area contributed by atoms with Crippen molar-refractivity contribution in [3.63, 3.8) is 0 Å². The predicted molar refractivity (Wildman–Crippen MR) is 133 cm³/mol. The van der Waals surface area contributed by atoms with Crippen molar-refractivity contribution in [3.05, 3.63) is 53.1 Å². The number of phenols is 1. The smallest absolute Gasteiger partial charge is 0.191 e. The second kappa shape index (κ2) is 12.6. The molecule has 0 aromatic heterocycles. The second-order valence-corrected chi connectivity index (χ2v) is 7.43. The van der Waals surface area contributed by atoms with E-state index < -0.39 is 0 Å². The van der Waals surface area contributed by atoms with Gasteiger partial charge in [-0.25, -0.2) is 0 Å². The fourth-order valence-corrected chi connectivity index (χ4v) is 3.27. The zero-order valence-electron chi connectivity index (χ0n) is 18.3. The molecule has 1 saturated heterocycles. The predicted octanol–water partition coefficient (Wildman–Crippen LogP) is 3.61. The number of ether oxygens (including phenoxy) is 3. The van der Waals surface area contributed by atoms with Gasteiger partial charge in [-0.1, -0.05) is 12.1 Å². The number of aliphatic imine (C=N–C) groups is 1. The van der Waals surface area contributed by atoms with Gasteiger partial charge in [-0.3, -0.25) is 4.99 Å². The highest BCUT2D eigenvalue weighted by atomic mass is 127. The van der Waals surface area contributed by atoms with E-state index in [1.165, 1.54) is 0 Å². The highest BCUT2D eigenvalue weighted by molar-refractivity contribution is 14.0. The van der Waals surface area contributed by atoms with Crippen LogP contribution < -0.4 is 20.1 Å². The highest BCUT2D eigenvalue weighted by Crippen LogP contribution is 2.24. The van der Waals surface area contributed by atoms with Gasteiger partial charge in [0.25, 0.3) is 0 Å². The van der Waals surface area contributed by atoms with E-state index in [1.807, 2.05) is 0 Å². The molecular weight excluding hydrogens is 509 g/mol. The Labute approximate surface area is 201 Å². The minimum absolute atomic E-state index is 0. The van der Waals surface area contributed by atoms with E-state index in [2.05, 4.69) is 40.7 Å². The number of phenolic OH excluding ortho intramolecular Hbond substituents is 1. The molecule has 0 amide bonds. The molecule has 1 fully saturated rings. The van der Waals surface area contributed by atoms with Gasteiger partial charge in [0.1, 0.15) is 17.2 Å². The lowest BCUT2D eigenvalue weighted by atomic mass is 10.1.